The SMILES string of the molecule is O=C(O)c1ccc2c(OCC3CCCCO3)ncnc2c1. The van der Waals surface area contributed by atoms with Gasteiger partial charge in [0.25, 0.3) is 0 Å². The van der Waals surface area contributed by atoms with Crippen LogP contribution in [-0.4, -0.2) is 40.4 Å². The van der Waals surface area contributed by atoms with Crippen LogP contribution in [0.25, 0.3) is 10.9 Å². The van der Waals surface area contributed by atoms with Crippen molar-refractivity contribution in [3.05, 3.63) is 30.1 Å². The Balaban J connectivity index is 1.80. The fourth-order valence-corrected chi connectivity index (χ4v) is 2.39. The third kappa shape index (κ3) is 3.11. The highest BCUT2D eigenvalue weighted by molar-refractivity contribution is 5.94. The summed E-state index contributed by atoms with van der Waals surface area (Å²) in [5.74, 6) is -0.514. The summed E-state index contributed by atoms with van der Waals surface area (Å²) in [7, 11) is 0. The number of carbonyl (C=O) groups is 1. The molecule has 0 saturated carbocycles. The van der Waals surface area contributed by atoms with Crippen LogP contribution >= 0.6 is 0 Å². The Kier molecular flexibility index (Phi) is 3.96. The van der Waals surface area contributed by atoms with E-state index >= 15 is 0 Å². The standard InChI is InChI=1S/C15H16N2O4/c18-15(19)10-4-5-12-13(7-10)16-9-17-14(12)21-8-11-3-1-2-6-20-11/h4-5,7,9,11H,1-3,6,8H2,(H,18,19). The fraction of sp³-hybridized carbons (Fsp3) is 0.400. The number of aromatic carboxylic acids is 1. The summed E-state index contributed by atoms with van der Waals surface area (Å²) in [4.78, 5) is 19.2. The van der Waals surface area contributed by atoms with Gasteiger partial charge in [-0.3, -0.25) is 0 Å². The van der Waals surface area contributed by atoms with Crippen LogP contribution in [0.3, 0.4) is 0 Å². The van der Waals surface area contributed by atoms with E-state index in [-0.39, 0.29) is 11.7 Å². The number of fused-ring (bicyclic) bond motifs is 1. The van der Waals surface area contributed by atoms with Gasteiger partial charge in [-0.2, -0.15) is 0 Å². The first-order chi connectivity index (χ1) is 10.2. The number of nitrogens with zero attached hydrogens (tertiary/aromatic N) is 2. The van der Waals surface area contributed by atoms with E-state index in [9.17, 15) is 4.79 Å². The topological polar surface area (TPSA) is 81.5 Å². The zero-order chi connectivity index (χ0) is 14.7. The van der Waals surface area contributed by atoms with E-state index in [1.807, 2.05) is 0 Å². The van der Waals surface area contributed by atoms with E-state index in [2.05, 4.69) is 9.97 Å². The summed E-state index contributed by atoms with van der Waals surface area (Å²) >= 11 is 0. The molecule has 1 aromatic heterocycles. The van der Waals surface area contributed by atoms with Gasteiger partial charge in [-0.05, 0) is 37.5 Å². The van der Waals surface area contributed by atoms with Crippen LogP contribution in [0.5, 0.6) is 5.88 Å². The molecule has 0 bridgehead atoms. The van der Waals surface area contributed by atoms with E-state index in [1.165, 1.54) is 18.5 Å². The van der Waals surface area contributed by atoms with Gasteiger partial charge in [0.05, 0.1) is 22.6 Å². The third-order valence-electron chi connectivity index (χ3n) is 3.53. The molecule has 6 heteroatoms. The van der Waals surface area contributed by atoms with Crippen molar-refractivity contribution in [3.63, 3.8) is 0 Å². The molecule has 1 saturated heterocycles. The summed E-state index contributed by atoms with van der Waals surface area (Å²) in [6.45, 7) is 1.23. The highest BCUT2D eigenvalue weighted by Gasteiger charge is 2.16. The maximum Gasteiger partial charge on any atom is 0.335 e. The van der Waals surface area contributed by atoms with Gasteiger partial charge in [-0.15, -0.1) is 0 Å². The summed E-state index contributed by atoms with van der Waals surface area (Å²) in [6, 6.07) is 4.72. The van der Waals surface area contributed by atoms with Crippen molar-refractivity contribution in [2.75, 3.05) is 13.2 Å². The minimum Gasteiger partial charge on any atom is -0.478 e. The van der Waals surface area contributed by atoms with Gasteiger partial charge in [-0.25, -0.2) is 14.8 Å². The lowest BCUT2D eigenvalue weighted by Gasteiger charge is -2.22. The summed E-state index contributed by atoms with van der Waals surface area (Å²) < 4.78 is 11.4. The predicted octanol–water partition coefficient (Wildman–Crippen LogP) is 2.28. The van der Waals surface area contributed by atoms with Gasteiger partial charge in [0.15, 0.2) is 0 Å². The third-order valence-corrected chi connectivity index (χ3v) is 3.53. The smallest absolute Gasteiger partial charge is 0.335 e. The van der Waals surface area contributed by atoms with Crippen molar-refractivity contribution in [2.24, 2.45) is 0 Å². The number of carboxylic acids is 1. The van der Waals surface area contributed by atoms with Crippen molar-refractivity contribution in [3.8, 4) is 5.88 Å². The molecule has 6 nitrogen and oxygen atoms in total. The number of benzene rings is 1. The average Bonchev–Trinajstić information content (AvgIpc) is 2.53. The Morgan fingerprint density at radius 1 is 1.38 bits per heavy atom. The monoisotopic (exact) mass is 288 g/mol. The predicted molar refractivity (Wildman–Crippen MR) is 75.6 cm³/mol. The first-order valence-electron chi connectivity index (χ1n) is 6.96. The van der Waals surface area contributed by atoms with Crippen LogP contribution < -0.4 is 4.74 Å². The lowest BCUT2D eigenvalue weighted by molar-refractivity contribution is -0.0116. The summed E-state index contributed by atoms with van der Waals surface area (Å²) in [5, 5.41) is 9.70. The van der Waals surface area contributed by atoms with Gasteiger partial charge in [0.2, 0.25) is 5.88 Å². The Labute approximate surface area is 121 Å². The van der Waals surface area contributed by atoms with Crippen molar-refractivity contribution in [2.45, 2.75) is 25.4 Å². The molecular formula is C15H16N2O4. The number of carboxylic acid groups (broad SMARTS) is 1. The Bertz CT molecular complexity index is 653. The molecule has 21 heavy (non-hydrogen) atoms. The van der Waals surface area contributed by atoms with Crippen molar-refractivity contribution < 1.29 is 19.4 Å². The highest BCUT2D eigenvalue weighted by Crippen LogP contribution is 2.23. The Hall–Kier alpha value is -2.21. The molecule has 0 spiro atoms. The molecule has 2 heterocycles. The molecule has 1 N–H and O–H groups in total. The first-order valence-corrected chi connectivity index (χ1v) is 6.96. The lowest BCUT2D eigenvalue weighted by Crippen LogP contribution is -2.26. The van der Waals surface area contributed by atoms with E-state index in [0.29, 0.717) is 23.4 Å². The molecule has 1 fully saturated rings. The van der Waals surface area contributed by atoms with E-state index in [1.54, 1.807) is 6.07 Å². The normalized spacial score (nSPS) is 18.6. The van der Waals surface area contributed by atoms with Gasteiger partial charge in [0.1, 0.15) is 12.9 Å². The maximum atomic E-state index is 11.0. The van der Waals surface area contributed by atoms with Crippen LogP contribution in [0.4, 0.5) is 0 Å². The molecule has 1 atom stereocenters. The molecule has 2 aromatic rings. The van der Waals surface area contributed by atoms with Gasteiger partial charge < -0.3 is 14.6 Å². The fourth-order valence-electron chi connectivity index (χ4n) is 2.39. The molecule has 110 valence electrons. The van der Waals surface area contributed by atoms with Gasteiger partial charge in [0, 0.05) is 6.61 Å². The lowest BCUT2D eigenvalue weighted by atomic mass is 10.1. The molecule has 0 amide bonds. The minimum atomic E-state index is -0.978. The number of ether oxygens (including phenoxy) is 2. The molecule has 0 aliphatic carbocycles. The van der Waals surface area contributed by atoms with Crippen LogP contribution in [-0.2, 0) is 4.74 Å². The second-order valence-electron chi connectivity index (χ2n) is 5.02. The van der Waals surface area contributed by atoms with Crippen molar-refractivity contribution in [1.29, 1.82) is 0 Å². The largest absolute Gasteiger partial charge is 0.478 e. The maximum absolute atomic E-state index is 11.0. The molecule has 1 unspecified atom stereocenters. The summed E-state index contributed by atoms with van der Waals surface area (Å²) in [5.41, 5.74) is 0.757. The average molecular weight is 288 g/mol. The second kappa shape index (κ2) is 6.05. The number of rotatable bonds is 4. The van der Waals surface area contributed by atoms with Gasteiger partial charge >= 0.3 is 5.97 Å². The molecule has 1 aromatic carbocycles. The van der Waals surface area contributed by atoms with Crippen LogP contribution in [0, 0.1) is 0 Å². The van der Waals surface area contributed by atoms with E-state index in [4.69, 9.17) is 14.6 Å². The van der Waals surface area contributed by atoms with E-state index in [0.717, 1.165) is 25.9 Å². The zero-order valence-electron chi connectivity index (χ0n) is 11.5. The van der Waals surface area contributed by atoms with Crippen LogP contribution in [0.2, 0.25) is 0 Å². The van der Waals surface area contributed by atoms with E-state index < -0.39 is 5.97 Å². The first kappa shape index (κ1) is 13.8. The van der Waals surface area contributed by atoms with Crippen LogP contribution in [0.15, 0.2) is 24.5 Å². The number of hydrogen-bond donors (Lipinski definition) is 1. The van der Waals surface area contributed by atoms with Crippen molar-refractivity contribution >= 4 is 16.9 Å². The quantitative estimate of drug-likeness (QED) is 0.929. The van der Waals surface area contributed by atoms with Crippen LogP contribution in [0.1, 0.15) is 29.6 Å². The Morgan fingerprint density at radius 2 is 2.29 bits per heavy atom. The summed E-state index contributed by atoms with van der Waals surface area (Å²) in [6.07, 6.45) is 4.73. The minimum absolute atomic E-state index is 0.0991. The number of hydrogen-bond acceptors (Lipinski definition) is 5. The Morgan fingerprint density at radius 3 is 3.05 bits per heavy atom. The van der Waals surface area contributed by atoms with Gasteiger partial charge in [-0.1, -0.05) is 0 Å². The number of aromatic nitrogens is 2. The highest BCUT2D eigenvalue weighted by atomic mass is 16.5. The molecule has 0 radical (unpaired) electrons. The molecular weight excluding hydrogens is 272 g/mol. The molecule has 1 aliphatic heterocycles. The zero-order valence-corrected chi connectivity index (χ0v) is 11.5. The molecule has 3 rings (SSSR count). The van der Waals surface area contributed by atoms with Crippen molar-refractivity contribution in [1.82, 2.24) is 9.97 Å². The molecule has 1 aliphatic rings. The second-order valence-corrected chi connectivity index (χ2v) is 5.02.